The van der Waals surface area contributed by atoms with Crippen molar-refractivity contribution >= 4 is 45.6 Å². The predicted molar refractivity (Wildman–Crippen MR) is 181 cm³/mol. The van der Waals surface area contributed by atoms with Crippen molar-refractivity contribution in [3.63, 3.8) is 0 Å². The summed E-state index contributed by atoms with van der Waals surface area (Å²) in [5.74, 6) is -0.00909. The molecule has 2 heterocycles. The molecule has 0 aliphatic carbocycles. The number of thiazole rings is 1. The number of ether oxygens (including phenoxy) is 5. The van der Waals surface area contributed by atoms with Crippen LogP contribution in [0.2, 0.25) is 0 Å². The van der Waals surface area contributed by atoms with Gasteiger partial charge in [-0.1, -0.05) is 30.3 Å². The second-order valence-corrected chi connectivity index (χ2v) is 14.3. The van der Waals surface area contributed by atoms with Gasteiger partial charge in [0, 0.05) is 12.1 Å². The van der Waals surface area contributed by atoms with Crippen LogP contribution in [-0.4, -0.2) is 69.2 Å². The number of non-ortho nitro benzene ring substituents is 1. The minimum atomic E-state index is -1.21. The number of nitro groups is 1. The van der Waals surface area contributed by atoms with E-state index in [2.05, 4.69) is 4.98 Å². The van der Waals surface area contributed by atoms with E-state index in [1.54, 1.807) is 58.4 Å². The number of amides is 1. The Hall–Kier alpha value is -5.24. The summed E-state index contributed by atoms with van der Waals surface area (Å²) >= 11 is 1.57. The third-order valence-electron chi connectivity index (χ3n) is 7.33. The van der Waals surface area contributed by atoms with E-state index in [0.717, 1.165) is 26.9 Å². The third-order valence-corrected chi connectivity index (χ3v) is 8.14. The lowest BCUT2D eigenvalue weighted by atomic mass is 9.98. The molecule has 1 amide bonds. The molecule has 0 saturated carbocycles. The maximum Gasteiger partial charge on any atom is 0.514 e. The molecule has 13 nitrogen and oxygen atoms in total. The minimum absolute atomic E-state index is 0.00909. The third kappa shape index (κ3) is 9.22. The second-order valence-electron chi connectivity index (χ2n) is 13.4. The molecule has 1 saturated heterocycles. The average Bonchev–Trinajstić information content (AvgIpc) is 3.60. The van der Waals surface area contributed by atoms with E-state index in [0.29, 0.717) is 0 Å². The summed E-state index contributed by atoms with van der Waals surface area (Å²) in [6.07, 6.45) is -5.05. The highest BCUT2D eigenvalue weighted by Crippen LogP contribution is 2.32. The quantitative estimate of drug-likeness (QED) is 0.0609. The van der Waals surface area contributed by atoms with E-state index < -0.39 is 52.8 Å². The number of hydrogen-bond acceptors (Lipinski definition) is 12. The van der Waals surface area contributed by atoms with Gasteiger partial charge < -0.3 is 23.7 Å². The van der Waals surface area contributed by atoms with Crippen molar-refractivity contribution in [2.45, 2.75) is 77.4 Å². The van der Waals surface area contributed by atoms with Gasteiger partial charge in [0.2, 0.25) is 0 Å². The average molecular weight is 692 g/mol. The van der Waals surface area contributed by atoms with E-state index in [4.69, 9.17) is 23.7 Å². The molecule has 14 heteroatoms. The fourth-order valence-corrected chi connectivity index (χ4v) is 5.91. The van der Waals surface area contributed by atoms with E-state index in [1.165, 1.54) is 29.2 Å². The zero-order valence-electron chi connectivity index (χ0n) is 27.9. The Morgan fingerprint density at radius 1 is 0.878 bits per heavy atom. The summed E-state index contributed by atoms with van der Waals surface area (Å²) in [6.45, 7) is 10.0. The van der Waals surface area contributed by atoms with Crippen LogP contribution in [0.4, 0.5) is 20.1 Å². The zero-order valence-corrected chi connectivity index (χ0v) is 28.7. The summed E-state index contributed by atoms with van der Waals surface area (Å²) in [4.78, 5) is 55.7. The molecule has 0 bridgehead atoms. The molecule has 0 unspecified atom stereocenters. The number of fused-ring (bicyclic) bond motifs is 1. The van der Waals surface area contributed by atoms with Crippen LogP contribution in [0.15, 0.2) is 72.2 Å². The number of aromatic nitrogens is 1. The van der Waals surface area contributed by atoms with Crippen LogP contribution in [0.25, 0.3) is 21.3 Å². The van der Waals surface area contributed by atoms with Crippen molar-refractivity contribution in [3.05, 3.63) is 87.9 Å². The summed E-state index contributed by atoms with van der Waals surface area (Å²) in [6, 6.07) is 17.8. The van der Waals surface area contributed by atoms with Crippen LogP contribution in [-0.2, 0) is 25.4 Å². The zero-order chi connectivity index (χ0) is 35.5. The summed E-state index contributed by atoms with van der Waals surface area (Å²) in [7, 11) is 0. The van der Waals surface area contributed by atoms with Crippen LogP contribution in [0.5, 0.6) is 5.75 Å². The number of nitrogens with zero attached hydrogens (tertiary/aromatic N) is 3. The number of rotatable bonds is 7. The Morgan fingerprint density at radius 2 is 1.53 bits per heavy atom. The molecule has 3 atom stereocenters. The number of carbonyl (C=O) groups excluding carboxylic acids is 3. The first kappa shape index (κ1) is 35.1. The van der Waals surface area contributed by atoms with Gasteiger partial charge in [0.15, 0.2) is 12.2 Å². The number of likely N-dealkylation sites (tertiary alicyclic amines) is 1. The van der Waals surface area contributed by atoms with Crippen LogP contribution >= 0.6 is 11.3 Å². The first-order valence-electron chi connectivity index (χ1n) is 15.5. The highest BCUT2D eigenvalue weighted by atomic mass is 32.1. The van der Waals surface area contributed by atoms with E-state index in [-0.39, 0.29) is 24.4 Å². The summed E-state index contributed by atoms with van der Waals surface area (Å²) in [5.41, 5.74) is 3.53. The largest absolute Gasteiger partial charge is 0.514 e. The molecule has 4 aromatic rings. The van der Waals surface area contributed by atoms with Crippen molar-refractivity contribution in [1.29, 1.82) is 0 Å². The lowest BCUT2D eigenvalue weighted by molar-refractivity contribution is -0.384. The lowest BCUT2D eigenvalue weighted by Gasteiger charge is -2.30. The van der Waals surface area contributed by atoms with Gasteiger partial charge in [0.05, 0.1) is 33.2 Å². The van der Waals surface area contributed by atoms with Crippen molar-refractivity contribution in [2.24, 2.45) is 0 Å². The summed E-state index contributed by atoms with van der Waals surface area (Å²) < 4.78 is 28.9. The monoisotopic (exact) mass is 691 g/mol. The Kier molecular flexibility index (Phi) is 10.1. The van der Waals surface area contributed by atoms with E-state index >= 15 is 0 Å². The smallest absolute Gasteiger partial charge is 0.444 e. The van der Waals surface area contributed by atoms with Crippen LogP contribution in [0, 0.1) is 10.1 Å². The Morgan fingerprint density at radius 3 is 2.16 bits per heavy atom. The highest BCUT2D eigenvalue weighted by molar-refractivity contribution is 7.16. The van der Waals surface area contributed by atoms with Gasteiger partial charge in [-0.15, -0.1) is 11.3 Å². The maximum absolute atomic E-state index is 13.6. The molecule has 1 fully saturated rings. The normalized spacial score (nSPS) is 17.8. The van der Waals surface area contributed by atoms with Gasteiger partial charge in [-0.05, 0) is 88.9 Å². The standard InChI is InChI=1S/C35H37N3O10S/c1-34(2,3)47-31(39)37-19-28(45-33(41)48-35(4,5)6)30(46-32(40)44-25-14-12-24(13-15-25)38(42)43)27(37)17-21-7-9-22(10-8-21)23-11-16-29-26(18-23)36-20-49-29/h7-16,18,20,27-28,30H,17,19H2,1-6H3/t27-,28+,30+/m1/s1. The molecular formula is C35H37N3O10S. The highest BCUT2D eigenvalue weighted by Gasteiger charge is 2.50. The van der Waals surface area contributed by atoms with Gasteiger partial charge in [-0.2, -0.15) is 0 Å². The number of hydrogen-bond donors (Lipinski definition) is 0. The molecule has 49 heavy (non-hydrogen) atoms. The summed E-state index contributed by atoms with van der Waals surface area (Å²) in [5, 5.41) is 11.0. The van der Waals surface area contributed by atoms with Crippen molar-refractivity contribution in [2.75, 3.05) is 6.54 Å². The van der Waals surface area contributed by atoms with Crippen LogP contribution in [0.3, 0.4) is 0 Å². The first-order chi connectivity index (χ1) is 23.0. The molecule has 1 aromatic heterocycles. The van der Waals surface area contributed by atoms with Gasteiger partial charge in [-0.25, -0.2) is 19.4 Å². The van der Waals surface area contributed by atoms with E-state index in [1.807, 2.05) is 42.5 Å². The maximum atomic E-state index is 13.6. The molecule has 258 valence electrons. The first-order valence-corrected chi connectivity index (χ1v) is 16.4. The second kappa shape index (κ2) is 14.1. The fraction of sp³-hybridized carbons (Fsp3) is 0.371. The van der Waals surface area contributed by atoms with Gasteiger partial charge >= 0.3 is 18.4 Å². The Balaban J connectivity index is 1.43. The van der Waals surface area contributed by atoms with Gasteiger partial charge in [0.1, 0.15) is 17.0 Å². The molecule has 3 aromatic carbocycles. The number of nitro benzene ring substituents is 1. The molecule has 1 aliphatic rings. The Bertz CT molecular complexity index is 1830. The fourth-order valence-electron chi connectivity index (χ4n) is 5.25. The SMILES string of the molecule is CC(C)(C)OC(=O)O[C@H]1CN(C(=O)OC(C)(C)C)[C@H](Cc2ccc(-c3ccc4scnc4c3)cc2)[C@@H]1OC(=O)Oc1ccc([N+](=O)[O-])cc1. The molecular weight excluding hydrogens is 654 g/mol. The van der Waals surface area contributed by atoms with Gasteiger partial charge in [0.25, 0.3) is 5.69 Å². The molecule has 0 spiro atoms. The topological polar surface area (TPSA) is 157 Å². The predicted octanol–water partition coefficient (Wildman–Crippen LogP) is 7.94. The molecule has 0 radical (unpaired) electrons. The van der Waals surface area contributed by atoms with Crippen LogP contribution in [0.1, 0.15) is 47.1 Å². The minimum Gasteiger partial charge on any atom is -0.444 e. The molecule has 1 aliphatic heterocycles. The van der Waals surface area contributed by atoms with Crippen molar-refractivity contribution in [3.8, 4) is 16.9 Å². The number of carbonyl (C=O) groups is 3. The lowest BCUT2D eigenvalue weighted by Crippen LogP contribution is -2.45. The van der Waals surface area contributed by atoms with Gasteiger partial charge in [-0.3, -0.25) is 15.0 Å². The van der Waals surface area contributed by atoms with Crippen LogP contribution < -0.4 is 4.74 Å². The molecule has 0 N–H and O–H groups in total. The van der Waals surface area contributed by atoms with Crippen molar-refractivity contribution in [1.82, 2.24) is 9.88 Å². The van der Waals surface area contributed by atoms with E-state index in [9.17, 15) is 24.5 Å². The Labute approximate surface area is 286 Å². The molecule has 5 rings (SSSR count). The van der Waals surface area contributed by atoms with Crippen molar-refractivity contribution < 1.29 is 43.0 Å². The number of benzene rings is 3.